The van der Waals surface area contributed by atoms with Crippen molar-refractivity contribution in [3.63, 3.8) is 0 Å². The molecule has 1 aromatic heterocycles. The van der Waals surface area contributed by atoms with Crippen LogP contribution in [0.2, 0.25) is 0 Å². The molecule has 7 nitrogen and oxygen atoms in total. The molecule has 0 spiro atoms. The SMILES string of the molecule is COc1ccc(-c2c(C)oc3cc(OCC(=O)N4CCC[C@H]4CO)ccc3c2=O)cc1. The molecule has 2 aromatic carbocycles. The Kier molecular flexibility index (Phi) is 5.95. The van der Waals surface area contributed by atoms with Crippen molar-refractivity contribution in [2.24, 2.45) is 0 Å². The number of carbonyl (C=O) groups excluding carboxylic acids is 1. The smallest absolute Gasteiger partial charge is 0.260 e. The van der Waals surface area contributed by atoms with E-state index in [2.05, 4.69) is 0 Å². The topological polar surface area (TPSA) is 89.2 Å². The van der Waals surface area contributed by atoms with Crippen LogP contribution in [-0.4, -0.2) is 48.8 Å². The molecule has 0 unspecified atom stereocenters. The number of likely N-dealkylation sites (tertiary alicyclic amines) is 1. The number of aliphatic hydroxyl groups excluding tert-OH is 1. The lowest BCUT2D eigenvalue weighted by Crippen LogP contribution is -2.40. The van der Waals surface area contributed by atoms with Crippen LogP contribution in [0.3, 0.4) is 0 Å². The van der Waals surface area contributed by atoms with Crippen molar-refractivity contribution in [2.75, 3.05) is 26.9 Å². The van der Waals surface area contributed by atoms with Crippen molar-refractivity contribution in [1.29, 1.82) is 0 Å². The van der Waals surface area contributed by atoms with Gasteiger partial charge in [-0.15, -0.1) is 0 Å². The van der Waals surface area contributed by atoms with E-state index in [1.807, 2.05) is 12.1 Å². The summed E-state index contributed by atoms with van der Waals surface area (Å²) >= 11 is 0. The van der Waals surface area contributed by atoms with Gasteiger partial charge in [-0.05, 0) is 49.6 Å². The van der Waals surface area contributed by atoms with Crippen LogP contribution in [0.15, 0.2) is 51.7 Å². The fourth-order valence-corrected chi connectivity index (χ4v) is 4.05. The Morgan fingerprint density at radius 2 is 1.94 bits per heavy atom. The number of amides is 1. The molecule has 3 aromatic rings. The molecule has 0 aliphatic carbocycles. The van der Waals surface area contributed by atoms with E-state index in [9.17, 15) is 14.7 Å². The van der Waals surface area contributed by atoms with E-state index < -0.39 is 0 Å². The summed E-state index contributed by atoms with van der Waals surface area (Å²) in [7, 11) is 1.59. The quantitative estimate of drug-likeness (QED) is 0.655. The summed E-state index contributed by atoms with van der Waals surface area (Å²) in [6.45, 7) is 2.21. The highest BCUT2D eigenvalue weighted by Crippen LogP contribution is 2.27. The zero-order chi connectivity index (χ0) is 22.0. The molecule has 1 atom stereocenters. The number of nitrogens with zero attached hydrogens (tertiary/aromatic N) is 1. The van der Waals surface area contributed by atoms with Crippen molar-refractivity contribution in [2.45, 2.75) is 25.8 Å². The summed E-state index contributed by atoms with van der Waals surface area (Å²) in [6, 6.07) is 12.1. The van der Waals surface area contributed by atoms with Gasteiger partial charge in [-0.25, -0.2) is 0 Å². The van der Waals surface area contributed by atoms with Crippen LogP contribution in [0, 0.1) is 6.92 Å². The third-order valence-corrected chi connectivity index (χ3v) is 5.69. The summed E-state index contributed by atoms with van der Waals surface area (Å²) in [5.74, 6) is 1.49. The molecule has 1 amide bonds. The molecule has 31 heavy (non-hydrogen) atoms. The monoisotopic (exact) mass is 423 g/mol. The maximum Gasteiger partial charge on any atom is 0.260 e. The Labute approximate surface area is 179 Å². The first kappa shape index (κ1) is 20.9. The lowest BCUT2D eigenvalue weighted by molar-refractivity contribution is -0.134. The fourth-order valence-electron chi connectivity index (χ4n) is 4.05. The van der Waals surface area contributed by atoms with Crippen molar-refractivity contribution >= 4 is 16.9 Å². The van der Waals surface area contributed by atoms with Gasteiger partial charge in [-0.3, -0.25) is 9.59 Å². The molecule has 162 valence electrons. The standard InChI is InChI=1S/C24H25NO6/c1-15-23(16-5-7-18(29-2)8-6-16)24(28)20-10-9-19(12-21(20)31-15)30-14-22(27)25-11-3-4-17(25)13-26/h5-10,12,17,26H,3-4,11,13-14H2,1-2H3/t17-/m0/s1. The number of carbonyl (C=O) groups is 1. The number of aryl methyl sites for hydroxylation is 1. The lowest BCUT2D eigenvalue weighted by atomic mass is 10.0. The molecule has 4 rings (SSSR count). The number of rotatable bonds is 6. The lowest BCUT2D eigenvalue weighted by Gasteiger charge is -2.22. The minimum absolute atomic E-state index is 0.0390. The van der Waals surface area contributed by atoms with E-state index in [1.54, 1.807) is 49.3 Å². The van der Waals surface area contributed by atoms with Gasteiger partial charge in [0, 0.05) is 12.6 Å². The number of benzene rings is 2. The van der Waals surface area contributed by atoms with Gasteiger partial charge in [-0.2, -0.15) is 0 Å². The van der Waals surface area contributed by atoms with Crippen LogP contribution in [0.25, 0.3) is 22.1 Å². The minimum atomic E-state index is -0.163. The van der Waals surface area contributed by atoms with Gasteiger partial charge >= 0.3 is 0 Å². The van der Waals surface area contributed by atoms with Crippen LogP contribution in [0.1, 0.15) is 18.6 Å². The second-order valence-corrected chi connectivity index (χ2v) is 7.60. The van der Waals surface area contributed by atoms with Gasteiger partial charge in [0.1, 0.15) is 22.8 Å². The maximum absolute atomic E-state index is 13.1. The van der Waals surface area contributed by atoms with E-state index in [4.69, 9.17) is 13.9 Å². The molecule has 1 N–H and O–H groups in total. The van der Waals surface area contributed by atoms with Crippen molar-refractivity contribution in [3.05, 3.63) is 58.4 Å². The Balaban J connectivity index is 1.57. The zero-order valence-electron chi connectivity index (χ0n) is 17.6. The third-order valence-electron chi connectivity index (χ3n) is 5.69. The summed E-state index contributed by atoms with van der Waals surface area (Å²) in [6.07, 6.45) is 1.69. The average Bonchev–Trinajstić information content (AvgIpc) is 3.27. The van der Waals surface area contributed by atoms with Gasteiger partial charge in [0.25, 0.3) is 5.91 Å². The Morgan fingerprint density at radius 3 is 2.65 bits per heavy atom. The molecular formula is C24H25NO6. The number of ether oxygens (including phenoxy) is 2. The predicted octanol–water partition coefficient (Wildman–Crippen LogP) is 3.14. The molecule has 1 saturated heterocycles. The molecular weight excluding hydrogens is 398 g/mol. The number of hydrogen-bond acceptors (Lipinski definition) is 6. The van der Waals surface area contributed by atoms with Gasteiger partial charge in [-0.1, -0.05) is 12.1 Å². The summed E-state index contributed by atoms with van der Waals surface area (Å²) < 4.78 is 16.8. The Bertz CT molecular complexity index is 1150. The minimum Gasteiger partial charge on any atom is -0.497 e. The van der Waals surface area contributed by atoms with Crippen molar-refractivity contribution in [1.82, 2.24) is 4.90 Å². The molecule has 0 saturated carbocycles. The average molecular weight is 423 g/mol. The predicted molar refractivity (Wildman–Crippen MR) is 117 cm³/mol. The summed E-state index contributed by atoms with van der Waals surface area (Å²) in [4.78, 5) is 27.2. The first-order valence-electron chi connectivity index (χ1n) is 10.3. The summed E-state index contributed by atoms with van der Waals surface area (Å²) in [5, 5.41) is 9.83. The molecule has 1 fully saturated rings. The normalized spacial score (nSPS) is 16.0. The van der Waals surface area contributed by atoms with E-state index in [1.165, 1.54) is 0 Å². The van der Waals surface area contributed by atoms with Crippen LogP contribution in [0.4, 0.5) is 0 Å². The van der Waals surface area contributed by atoms with Crippen LogP contribution < -0.4 is 14.9 Å². The second-order valence-electron chi connectivity index (χ2n) is 7.60. The van der Waals surface area contributed by atoms with Gasteiger partial charge < -0.3 is 23.9 Å². The first-order chi connectivity index (χ1) is 15.0. The van der Waals surface area contributed by atoms with E-state index in [0.717, 1.165) is 18.4 Å². The van der Waals surface area contributed by atoms with E-state index >= 15 is 0 Å². The van der Waals surface area contributed by atoms with Crippen LogP contribution in [0.5, 0.6) is 11.5 Å². The van der Waals surface area contributed by atoms with E-state index in [-0.39, 0.29) is 30.6 Å². The van der Waals surface area contributed by atoms with Crippen LogP contribution >= 0.6 is 0 Å². The fraction of sp³-hybridized carbons (Fsp3) is 0.333. The third kappa shape index (κ3) is 4.14. The Morgan fingerprint density at radius 1 is 1.19 bits per heavy atom. The van der Waals surface area contributed by atoms with Crippen LogP contribution in [-0.2, 0) is 4.79 Å². The molecule has 7 heteroatoms. The largest absolute Gasteiger partial charge is 0.497 e. The second kappa shape index (κ2) is 8.81. The number of methoxy groups -OCH3 is 1. The van der Waals surface area contributed by atoms with Crippen molar-refractivity contribution in [3.8, 4) is 22.6 Å². The first-order valence-corrected chi connectivity index (χ1v) is 10.3. The van der Waals surface area contributed by atoms with Gasteiger partial charge in [0.05, 0.1) is 30.7 Å². The van der Waals surface area contributed by atoms with Crippen molar-refractivity contribution < 1.29 is 23.8 Å². The molecule has 0 bridgehead atoms. The van der Waals surface area contributed by atoms with Gasteiger partial charge in [0.2, 0.25) is 5.43 Å². The number of hydrogen-bond donors (Lipinski definition) is 1. The molecule has 1 aliphatic rings. The molecule has 1 aliphatic heterocycles. The number of fused-ring (bicyclic) bond motifs is 1. The maximum atomic E-state index is 13.1. The highest BCUT2D eigenvalue weighted by molar-refractivity contribution is 5.84. The highest BCUT2D eigenvalue weighted by atomic mass is 16.5. The summed E-state index contributed by atoms with van der Waals surface area (Å²) in [5.41, 5.74) is 1.53. The highest BCUT2D eigenvalue weighted by Gasteiger charge is 2.28. The zero-order valence-corrected chi connectivity index (χ0v) is 17.6. The molecule has 2 heterocycles. The van der Waals surface area contributed by atoms with Gasteiger partial charge in [0.15, 0.2) is 6.61 Å². The Hall–Kier alpha value is -3.32. The molecule has 0 radical (unpaired) electrons. The van der Waals surface area contributed by atoms with E-state index in [0.29, 0.717) is 40.3 Å². The number of aliphatic hydroxyl groups is 1.